The minimum Gasteiger partial charge on any atom is -0.350 e. The van der Waals surface area contributed by atoms with Crippen molar-refractivity contribution >= 4 is 23.6 Å². The molecule has 4 rings (SSSR count). The summed E-state index contributed by atoms with van der Waals surface area (Å²) >= 11 is 1.64. The van der Waals surface area contributed by atoms with E-state index in [1.807, 2.05) is 38.1 Å². The fraction of sp³-hybridized carbons (Fsp3) is 0.300. The molecule has 134 valence electrons. The predicted molar refractivity (Wildman–Crippen MR) is 99.1 cm³/mol. The molecule has 0 radical (unpaired) electrons. The van der Waals surface area contributed by atoms with E-state index in [2.05, 4.69) is 5.32 Å². The third-order valence-corrected chi connectivity index (χ3v) is 6.46. The van der Waals surface area contributed by atoms with Crippen LogP contribution in [0.1, 0.15) is 40.7 Å². The lowest BCUT2D eigenvalue weighted by atomic mass is 10.0. The van der Waals surface area contributed by atoms with E-state index in [4.69, 9.17) is 0 Å². The van der Waals surface area contributed by atoms with E-state index in [0.29, 0.717) is 12.1 Å². The number of nitrogens with one attached hydrogen (secondary N) is 1. The minimum absolute atomic E-state index is 0.0920. The first-order valence-electron chi connectivity index (χ1n) is 8.50. The highest BCUT2D eigenvalue weighted by Crippen LogP contribution is 2.56. The van der Waals surface area contributed by atoms with E-state index in [0.717, 1.165) is 11.1 Å². The zero-order valence-corrected chi connectivity index (χ0v) is 15.3. The van der Waals surface area contributed by atoms with Gasteiger partial charge in [0, 0.05) is 16.9 Å². The molecule has 1 saturated heterocycles. The summed E-state index contributed by atoms with van der Waals surface area (Å²) in [5.74, 6) is -0.585. The maximum atomic E-state index is 13.0. The molecule has 26 heavy (non-hydrogen) atoms. The third-order valence-electron chi connectivity index (χ3n) is 4.92. The number of carbonyl (C=O) groups is 2. The normalized spacial score (nSPS) is 22.9. The summed E-state index contributed by atoms with van der Waals surface area (Å²) in [7, 11) is 0. The number of fused-ring (bicyclic) bond motifs is 3. The summed E-state index contributed by atoms with van der Waals surface area (Å²) < 4.78 is 12.6. The molecule has 0 aromatic heterocycles. The second-order valence-electron chi connectivity index (χ2n) is 7.12. The van der Waals surface area contributed by atoms with Crippen molar-refractivity contribution in [1.82, 2.24) is 10.2 Å². The molecule has 1 N–H and O–H groups in total. The summed E-state index contributed by atoms with van der Waals surface area (Å²) in [4.78, 5) is 27.5. The van der Waals surface area contributed by atoms with E-state index >= 15 is 0 Å². The van der Waals surface area contributed by atoms with Crippen LogP contribution in [0.3, 0.4) is 0 Å². The highest BCUT2D eigenvalue weighted by Gasteiger charge is 2.57. The Morgan fingerprint density at radius 1 is 1.19 bits per heavy atom. The molecule has 4 nitrogen and oxygen atoms in total. The quantitative estimate of drug-likeness (QED) is 0.900. The fourth-order valence-electron chi connectivity index (χ4n) is 3.69. The van der Waals surface area contributed by atoms with Crippen LogP contribution in [0.4, 0.5) is 4.39 Å². The zero-order valence-electron chi connectivity index (χ0n) is 14.5. The van der Waals surface area contributed by atoms with Gasteiger partial charge in [-0.05, 0) is 43.2 Å². The van der Waals surface area contributed by atoms with Gasteiger partial charge in [-0.1, -0.05) is 30.3 Å². The Hall–Kier alpha value is -2.34. The molecule has 2 heterocycles. The van der Waals surface area contributed by atoms with Crippen LogP contribution in [-0.4, -0.2) is 27.5 Å². The van der Waals surface area contributed by atoms with Crippen molar-refractivity contribution in [2.24, 2.45) is 0 Å². The second-order valence-corrected chi connectivity index (χ2v) is 8.85. The van der Waals surface area contributed by atoms with Gasteiger partial charge in [-0.25, -0.2) is 4.39 Å². The molecule has 2 aliphatic heterocycles. The van der Waals surface area contributed by atoms with Crippen LogP contribution in [0.2, 0.25) is 0 Å². The highest BCUT2D eigenvalue weighted by molar-refractivity contribution is 8.01. The summed E-state index contributed by atoms with van der Waals surface area (Å²) in [5.41, 5.74) is 2.47. The summed E-state index contributed by atoms with van der Waals surface area (Å²) in [5, 5.41) is 2.78. The lowest BCUT2D eigenvalue weighted by Gasteiger charge is -2.29. The standard InChI is InChI=1S/C20H19FN2O2S/c1-20(2)16(17(24)22-11-12-7-9-13(21)10-8-12)23-18(25)14-5-3-4-6-15(14)19(23)26-20/h3-10,16,19H,11H2,1-2H3,(H,22,24)/t16-,19?/m1/s1. The first-order valence-corrected chi connectivity index (χ1v) is 9.38. The topological polar surface area (TPSA) is 49.4 Å². The number of thioether (sulfide) groups is 1. The van der Waals surface area contributed by atoms with Crippen LogP contribution >= 0.6 is 11.8 Å². The number of rotatable bonds is 3. The largest absolute Gasteiger partial charge is 0.350 e. The minimum atomic E-state index is -0.558. The Balaban J connectivity index is 1.56. The van der Waals surface area contributed by atoms with Gasteiger partial charge in [0.05, 0.1) is 0 Å². The van der Waals surface area contributed by atoms with Gasteiger partial charge < -0.3 is 10.2 Å². The molecule has 6 heteroatoms. The first-order chi connectivity index (χ1) is 12.4. The van der Waals surface area contributed by atoms with Crippen LogP contribution < -0.4 is 5.32 Å². The molecule has 2 amide bonds. The van der Waals surface area contributed by atoms with E-state index in [-0.39, 0.29) is 23.0 Å². The number of hydrogen-bond donors (Lipinski definition) is 1. The highest BCUT2D eigenvalue weighted by atomic mass is 32.2. The maximum absolute atomic E-state index is 13.0. The Bertz CT molecular complexity index is 882. The van der Waals surface area contributed by atoms with Crippen molar-refractivity contribution in [2.45, 2.75) is 36.6 Å². The Labute approximate surface area is 155 Å². The van der Waals surface area contributed by atoms with Crippen molar-refractivity contribution in [3.8, 4) is 0 Å². The molecule has 1 fully saturated rings. The second kappa shape index (κ2) is 6.13. The Kier molecular flexibility index (Phi) is 4.03. The molecule has 1 unspecified atom stereocenters. The fourth-order valence-corrected chi connectivity index (χ4v) is 5.28. The van der Waals surface area contributed by atoms with Gasteiger partial charge in [0.2, 0.25) is 5.91 Å². The van der Waals surface area contributed by atoms with Crippen molar-refractivity contribution in [3.05, 3.63) is 71.0 Å². The lowest BCUT2D eigenvalue weighted by molar-refractivity contribution is -0.126. The van der Waals surface area contributed by atoms with Gasteiger partial charge in [0.15, 0.2) is 0 Å². The third kappa shape index (κ3) is 2.69. The number of hydrogen-bond acceptors (Lipinski definition) is 3. The maximum Gasteiger partial charge on any atom is 0.256 e. The Morgan fingerprint density at radius 3 is 2.62 bits per heavy atom. The molecule has 0 bridgehead atoms. The summed E-state index contributed by atoms with van der Waals surface area (Å²) in [6.07, 6.45) is 0. The van der Waals surface area contributed by atoms with E-state index in [9.17, 15) is 14.0 Å². The predicted octanol–water partition coefficient (Wildman–Crippen LogP) is 3.49. The summed E-state index contributed by atoms with van der Waals surface area (Å²) in [6.45, 7) is 4.29. The van der Waals surface area contributed by atoms with Crippen molar-refractivity contribution in [3.63, 3.8) is 0 Å². The van der Waals surface area contributed by atoms with E-state index in [1.165, 1.54) is 12.1 Å². The molecule has 0 aliphatic carbocycles. The van der Waals surface area contributed by atoms with Crippen LogP contribution in [0.25, 0.3) is 0 Å². The van der Waals surface area contributed by atoms with Crippen molar-refractivity contribution < 1.29 is 14.0 Å². The lowest BCUT2D eigenvalue weighted by Crippen LogP contribution is -2.52. The van der Waals surface area contributed by atoms with Crippen LogP contribution in [0.5, 0.6) is 0 Å². The Morgan fingerprint density at radius 2 is 1.88 bits per heavy atom. The average molecular weight is 370 g/mol. The molecule has 0 spiro atoms. The number of carbonyl (C=O) groups excluding carboxylic acids is 2. The monoisotopic (exact) mass is 370 g/mol. The first kappa shape index (κ1) is 17.1. The van der Waals surface area contributed by atoms with Crippen molar-refractivity contribution in [1.29, 1.82) is 0 Å². The zero-order chi connectivity index (χ0) is 18.5. The molecule has 2 aromatic rings. The smallest absolute Gasteiger partial charge is 0.256 e. The van der Waals surface area contributed by atoms with Crippen LogP contribution in [-0.2, 0) is 11.3 Å². The number of halogens is 1. The SMILES string of the molecule is CC1(C)SC2c3ccccc3C(=O)N2[C@@H]1C(=O)NCc1ccc(F)cc1. The molecule has 0 saturated carbocycles. The molecular formula is C20H19FN2O2S. The average Bonchev–Trinajstić information content (AvgIpc) is 3.04. The molecule has 2 aromatic carbocycles. The van der Waals surface area contributed by atoms with Gasteiger partial charge in [-0.2, -0.15) is 0 Å². The van der Waals surface area contributed by atoms with Crippen LogP contribution in [0, 0.1) is 5.82 Å². The van der Waals surface area contributed by atoms with Gasteiger partial charge in [-0.3, -0.25) is 9.59 Å². The van der Waals surface area contributed by atoms with Gasteiger partial charge in [-0.15, -0.1) is 11.8 Å². The van der Waals surface area contributed by atoms with Crippen LogP contribution in [0.15, 0.2) is 48.5 Å². The van der Waals surface area contributed by atoms with Gasteiger partial charge in [0.1, 0.15) is 17.2 Å². The number of benzene rings is 2. The molecule has 2 aliphatic rings. The number of nitrogens with zero attached hydrogens (tertiary/aromatic N) is 1. The molecule has 2 atom stereocenters. The van der Waals surface area contributed by atoms with E-state index < -0.39 is 10.8 Å². The molecular weight excluding hydrogens is 351 g/mol. The number of amides is 2. The van der Waals surface area contributed by atoms with Gasteiger partial charge >= 0.3 is 0 Å². The summed E-state index contributed by atoms with van der Waals surface area (Å²) in [6, 6.07) is 13.0. The van der Waals surface area contributed by atoms with E-state index in [1.54, 1.807) is 28.8 Å². The van der Waals surface area contributed by atoms with Gasteiger partial charge in [0.25, 0.3) is 5.91 Å². The van der Waals surface area contributed by atoms with Crippen molar-refractivity contribution in [2.75, 3.05) is 0 Å².